The number of hydroxylamine groups is 2. The van der Waals surface area contributed by atoms with Crippen LogP contribution in [-0.2, 0) is 14.4 Å². The summed E-state index contributed by atoms with van der Waals surface area (Å²) in [4.78, 5) is 16.4. The largest absolute Gasteiger partial charge is 0.372 e. The fourth-order valence-corrected chi connectivity index (χ4v) is 1.05. The van der Waals surface area contributed by atoms with Crippen molar-refractivity contribution >= 4 is 5.91 Å². The van der Waals surface area contributed by atoms with Gasteiger partial charge in [-0.3, -0.25) is 9.63 Å². The lowest BCUT2D eigenvalue weighted by atomic mass is 10.3. The molecule has 4 nitrogen and oxygen atoms in total. The molecule has 0 N–H and O–H groups in total. The number of rotatable bonds is 3. The zero-order valence-electron chi connectivity index (χ0n) is 7.41. The molecular weight excluding hydrogens is 158 g/mol. The molecule has 0 aliphatic carbocycles. The summed E-state index contributed by atoms with van der Waals surface area (Å²) in [5.41, 5.74) is 0. The van der Waals surface area contributed by atoms with E-state index in [0.29, 0.717) is 19.8 Å². The standard InChI is InChI=1S/C8H15NO3/c1-2-11-7-8(10)9-5-3-4-6-12-9/h2-7H2,1H3. The van der Waals surface area contributed by atoms with Crippen molar-refractivity contribution in [3.8, 4) is 0 Å². The van der Waals surface area contributed by atoms with Gasteiger partial charge in [-0.2, -0.15) is 0 Å². The van der Waals surface area contributed by atoms with Gasteiger partial charge >= 0.3 is 0 Å². The molecule has 1 saturated heterocycles. The summed E-state index contributed by atoms with van der Waals surface area (Å²) in [6.45, 7) is 3.92. The van der Waals surface area contributed by atoms with Crippen molar-refractivity contribution in [2.75, 3.05) is 26.4 Å². The highest BCUT2D eigenvalue weighted by Gasteiger charge is 2.16. The summed E-state index contributed by atoms with van der Waals surface area (Å²) in [5, 5.41) is 1.40. The number of carbonyl (C=O) groups is 1. The van der Waals surface area contributed by atoms with E-state index >= 15 is 0 Å². The molecule has 1 heterocycles. The number of carbonyl (C=O) groups excluding carboxylic acids is 1. The Bertz CT molecular complexity index is 143. The lowest BCUT2D eigenvalue weighted by Crippen LogP contribution is -2.38. The quantitative estimate of drug-likeness (QED) is 0.626. The lowest BCUT2D eigenvalue weighted by molar-refractivity contribution is -0.200. The molecule has 0 aromatic carbocycles. The van der Waals surface area contributed by atoms with E-state index in [0.717, 1.165) is 12.8 Å². The number of amides is 1. The Morgan fingerprint density at radius 1 is 1.58 bits per heavy atom. The van der Waals surface area contributed by atoms with E-state index in [4.69, 9.17) is 9.57 Å². The highest BCUT2D eigenvalue weighted by atomic mass is 16.7. The van der Waals surface area contributed by atoms with Crippen LogP contribution in [0.4, 0.5) is 0 Å². The van der Waals surface area contributed by atoms with Crippen molar-refractivity contribution in [2.24, 2.45) is 0 Å². The Kier molecular flexibility index (Phi) is 4.04. The van der Waals surface area contributed by atoms with Gasteiger partial charge in [0.25, 0.3) is 5.91 Å². The van der Waals surface area contributed by atoms with E-state index in [1.54, 1.807) is 0 Å². The van der Waals surface area contributed by atoms with Crippen LogP contribution in [0.2, 0.25) is 0 Å². The Morgan fingerprint density at radius 2 is 2.42 bits per heavy atom. The Balaban J connectivity index is 2.20. The SMILES string of the molecule is CCOCC(=O)N1CCCCO1. The van der Waals surface area contributed by atoms with E-state index in [1.807, 2.05) is 6.92 Å². The van der Waals surface area contributed by atoms with Gasteiger partial charge in [-0.05, 0) is 19.8 Å². The summed E-state index contributed by atoms with van der Waals surface area (Å²) in [6, 6.07) is 0. The third kappa shape index (κ3) is 2.79. The minimum Gasteiger partial charge on any atom is -0.372 e. The first-order valence-electron chi connectivity index (χ1n) is 4.35. The molecule has 0 aromatic rings. The van der Waals surface area contributed by atoms with Gasteiger partial charge in [0.05, 0.1) is 6.61 Å². The van der Waals surface area contributed by atoms with Crippen LogP contribution in [0.3, 0.4) is 0 Å². The summed E-state index contributed by atoms with van der Waals surface area (Å²) >= 11 is 0. The molecule has 0 spiro atoms. The van der Waals surface area contributed by atoms with Crippen LogP contribution >= 0.6 is 0 Å². The van der Waals surface area contributed by atoms with Crippen molar-refractivity contribution in [3.05, 3.63) is 0 Å². The van der Waals surface area contributed by atoms with Crippen molar-refractivity contribution in [3.63, 3.8) is 0 Å². The van der Waals surface area contributed by atoms with Gasteiger partial charge in [0.1, 0.15) is 6.61 Å². The molecule has 0 bridgehead atoms. The van der Waals surface area contributed by atoms with Crippen LogP contribution in [0.1, 0.15) is 19.8 Å². The van der Waals surface area contributed by atoms with Crippen LogP contribution in [0.25, 0.3) is 0 Å². The molecule has 4 heteroatoms. The summed E-state index contributed by atoms with van der Waals surface area (Å²) in [6.07, 6.45) is 2.07. The fourth-order valence-electron chi connectivity index (χ4n) is 1.05. The van der Waals surface area contributed by atoms with Crippen LogP contribution in [0.15, 0.2) is 0 Å². The van der Waals surface area contributed by atoms with Crippen molar-refractivity contribution in [2.45, 2.75) is 19.8 Å². The van der Waals surface area contributed by atoms with Crippen LogP contribution in [0.5, 0.6) is 0 Å². The van der Waals surface area contributed by atoms with E-state index in [9.17, 15) is 4.79 Å². The highest BCUT2D eigenvalue weighted by Crippen LogP contribution is 2.05. The number of hydrogen-bond donors (Lipinski definition) is 0. The van der Waals surface area contributed by atoms with Gasteiger partial charge in [0, 0.05) is 13.2 Å². The number of hydrogen-bond acceptors (Lipinski definition) is 3. The number of ether oxygens (including phenoxy) is 1. The van der Waals surface area contributed by atoms with Gasteiger partial charge < -0.3 is 4.74 Å². The van der Waals surface area contributed by atoms with Gasteiger partial charge in [-0.15, -0.1) is 0 Å². The maximum Gasteiger partial charge on any atom is 0.272 e. The zero-order valence-corrected chi connectivity index (χ0v) is 7.41. The average Bonchev–Trinajstić information content (AvgIpc) is 2.15. The third-order valence-electron chi connectivity index (χ3n) is 1.71. The molecular formula is C8H15NO3. The fraction of sp³-hybridized carbons (Fsp3) is 0.875. The molecule has 1 fully saturated rings. The second-order valence-electron chi connectivity index (χ2n) is 2.67. The third-order valence-corrected chi connectivity index (χ3v) is 1.71. The number of nitrogens with zero attached hydrogens (tertiary/aromatic N) is 1. The molecule has 0 unspecified atom stereocenters. The second-order valence-corrected chi connectivity index (χ2v) is 2.67. The molecule has 0 radical (unpaired) electrons. The normalized spacial score (nSPS) is 17.9. The summed E-state index contributed by atoms with van der Waals surface area (Å²) in [5.74, 6) is -0.0726. The summed E-state index contributed by atoms with van der Waals surface area (Å²) < 4.78 is 4.98. The monoisotopic (exact) mass is 173 g/mol. The summed E-state index contributed by atoms with van der Waals surface area (Å²) in [7, 11) is 0. The van der Waals surface area contributed by atoms with Crippen LogP contribution in [0, 0.1) is 0 Å². The van der Waals surface area contributed by atoms with E-state index in [1.165, 1.54) is 5.06 Å². The Morgan fingerprint density at radius 3 is 3.00 bits per heavy atom. The average molecular weight is 173 g/mol. The van der Waals surface area contributed by atoms with Crippen LogP contribution in [-0.4, -0.2) is 37.3 Å². The molecule has 0 atom stereocenters. The predicted octanol–water partition coefficient (Wildman–Crippen LogP) is 0.577. The first-order chi connectivity index (χ1) is 5.84. The zero-order chi connectivity index (χ0) is 8.81. The minimum atomic E-state index is -0.0726. The molecule has 1 aliphatic heterocycles. The van der Waals surface area contributed by atoms with Crippen molar-refractivity contribution < 1.29 is 14.4 Å². The van der Waals surface area contributed by atoms with Crippen molar-refractivity contribution in [1.29, 1.82) is 0 Å². The predicted molar refractivity (Wildman–Crippen MR) is 43.4 cm³/mol. The topological polar surface area (TPSA) is 38.8 Å². The molecule has 1 amide bonds. The lowest BCUT2D eigenvalue weighted by Gasteiger charge is -2.25. The highest BCUT2D eigenvalue weighted by molar-refractivity contribution is 5.76. The van der Waals surface area contributed by atoms with Crippen LogP contribution < -0.4 is 0 Å². The smallest absolute Gasteiger partial charge is 0.272 e. The van der Waals surface area contributed by atoms with Gasteiger partial charge in [-0.25, -0.2) is 5.06 Å². The maximum absolute atomic E-state index is 11.2. The molecule has 0 aromatic heterocycles. The van der Waals surface area contributed by atoms with Gasteiger partial charge in [-0.1, -0.05) is 0 Å². The first kappa shape index (κ1) is 9.48. The molecule has 70 valence electrons. The molecule has 12 heavy (non-hydrogen) atoms. The molecule has 1 aliphatic rings. The van der Waals surface area contributed by atoms with E-state index in [2.05, 4.69) is 0 Å². The van der Waals surface area contributed by atoms with E-state index in [-0.39, 0.29) is 12.5 Å². The Labute approximate surface area is 72.4 Å². The minimum absolute atomic E-state index is 0.0726. The maximum atomic E-state index is 11.2. The van der Waals surface area contributed by atoms with E-state index < -0.39 is 0 Å². The molecule has 1 rings (SSSR count). The first-order valence-corrected chi connectivity index (χ1v) is 4.35. The van der Waals surface area contributed by atoms with Crippen molar-refractivity contribution in [1.82, 2.24) is 5.06 Å². The van der Waals surface area contributed by atoms with Gasteiger partial charge in [0.15, 0.2) is 0 Å². The molecule has 0 saturated carbocycles. The van der Waals surface area contributed by atoms with Gasteiger partial charge in [0.2, 0.25) is 0 Å². The Hall–Kier alpha value is -0.610. The second kappa shape index (κ2) is 5.11.